The highest BCUT2D eigenvalue weighted by molar-refractivity contribution is 8.00. The summed E-state index contributed by atoms with van der Waals surface area (Å²) in [4.78, 5) is 31.0. The fourth-order valence-electron chi connectivity index (χ4n) is 3.48. The van der Waals surface area contributed by atoms with E-state index in [9.17, 15) is 9.59 Å². The Morgan fingerprint density at radius 2 is 1.70 bits per heavy atom. The predicted molar refractivity (Wildman–Crippen MR) is 150 cm³/mol. The smallest absolute Gasteiger partial charge is 0.255 e. The van der Waals surface area contributed by atoms with E-state index in [-0.39, 0.29) is 17.1 Å². The van der Waals surface area contributed by atoms with Gasteiger partial charge in [-0.2, -0.15) is 0 Å². The average Bonchev–Trinajstić information content (AvgIpc) is 3.37. The highest BCUT2D eigenvalue weighted by atomic mass is 32.2. The molecule has 0 aliphatic carbocycles. The van der Waals surface area contributed by atoms with Crippen molar-refractivity contribution in [1.29, 1.82) is 0 Å². The van der Waals surface area contributed by atoms with Gasteiger partial charge in [0, 0.05) is 27.1 Å². The van der Waals surface area contributed by atoms with Gasteiger partial charge < -0.3 is 20.1 Å². The molecule has 7 nitrogen and oxygen atoms in total. The first-order chi connectivity index (χ1) is 17.9. The van der Waals surface area contributed by atoms with E-state index in [1.165, 1.54) is 35.8 Å². The van der Waals surface area contributed by atoms with Crippen LogP contribution in [0.15, 0.2) is 77.0 Å². The Labute approximate surface area is 224 Å². The zero-order valence-electron chi connectivity index (χ0n) is 20.9. The zero-order chi connectivity index (χ0) is 26.4. The fraction of sp³-hybridized carbons (Fsp3) is 0.179. The highest BCUT2D eigenvalue weighted by Gasteiger charge is 2.17. The lowest BCUT2D eigenvalue weighted by Gasteiger charge is -2.12. The summed E-state index contributed by atoms with van der Waals surface area (Å²) in [7, 11) is 3.07. The Morgan fingerprint density at radius 1 is 0.946 bits per heavy atom. The number of nitrogens with zero attached hydrogens (tertiary/aromatic N) is 1. The van der Waals surface area contributed by atoms with E-state index >= 15 is 0 Å². The van der Waals surface area contributed by atoms with Crippen molar-refractivity contribution in [1.82, 2.24) is 4.98 Å². The Bertz CT molecular complexity index is 1400. The van der Waals surface area contributed by atoms with Crippen LogP contribution in [0.3, 0.4) is 0 Å². The molecule has 0 aliphatic heterocycles. The van der Waals surface area contributed by atoms with Crippen molar-refractivity contribution in [2.45, 2.75) is 24.0 Å². The lowest BCUT2D eigenvalue weighted by Crippen LogP contribution is -2.22. The fourth-order valence-corrected chi connectivity index (χ4v) is 5.13. The maximum Gasteiger partial charge on any atom is 0.255 e. The molecule has 37 heavy (non-hydrogen) atoms. The first kappa shape index (κ1) is 26.2. The Balaban J connectivity index is 1.36. The van der Waals surface area contributed by atoms with Gasteiger partial charge in [-0.3, -0.25) is 9.59 Å². The molecule has 0 saturated heterocycles. The molecule has 1 heterocycles. The van der Waals surface area contributed by atoms with Gasteiger partial charge in [-0.05, 0) is 50.2 Å². The molecule has 0 spiro atoms. The number of anilines is 2. The van der Waals surface area contributed by atoms with E-state index in [1.54, 1.807) is 31.4 Å². The van der Waals surface area contributed by atoms with Crippen LogP contribution >= 0.6 is 23.1 Å². The van der Waals surface area contributed by atoms with Crippen molar-refractivity contribution in [3.05, 3.63) is 83.2 Å². The van der Waals surface area contributed by atoms with Gasteiger partial charge in [-0.15, -0.1) is 23.1 Å². The summed E-state index contributed by atoms with van der Waals surface area (Å²) >= 11 is 2.80. The molecule has 0 radical (unpaired) electrons. The van der Waals surface area contributed by atoms with Gasteiger partial charge in [0.25, 0.3) is 5.91 Å². The van der Waals surface area contributed by atoms with Crippen molar-refractivity contribution in [3.8, 4) is 22.8 Å². The molecule has 4 aromatic rings. The second-order valence-corrected chi connectivity index (χ2v) is 10.5. The van der Waals surface area contributed by atoms with Crippen LogP contribution in [0.4, 0.5) is 10.8 Å². The summed E-state index contributed by atoms with van der Waals surface area (Å²) in [6.45, 7) is 3.88. The number of benzene rings is 3. The van der Waals surface area contributed by atoms with Crippen molar-refractivity contribution >= 4 is 45.7 Å². The van der Waals surface area contributed by atoms with Crippen molar-refractivity contribution < 1.29 is 19.1 Å². The molecule has 9 heteroatoms. The number of ether oxygens (including phenoxy) is 2. The third-order valence-corrected chi connectivity index (χ3v) is 7.35. The summed E-state index contributed by atoms with van der Waals surface area (Å²) in [6.07, 6.45) is 0. The minimum atomic E-state index is -0.372. The predicted octanol–water partition coefficient (Wildman–Crippen LogP) is 6.51. The topological polar surface area (TPSA) is 89.5 Å². The van der Waals surface area contributed by atoms with Crippen LogP contribution < -0.4 is 20.1 Å². The number of hydrogen-bond donors (Lipinski definition) is 2. The summed E-state index contributed by atoms with van der Waals surface area (Å²) in [5.41, 5.74) is 4.09. The molecule has 2 amide bonds. The number of rotatable bonds is 9. The van der Waals surface area contributed by atoms with E-state index < -0.39 is 0 Å². The number of methoxy groups -OCH3 is 2. The third-order valence-electron chi connectivity index (χ3n) is 5.50. The van der Waals surface area contributed by atoms with Crippen molar-refractivity contribution in [2.75, 3.05) is 24.9 Å². The van der Waals surface area contributed by atoms with Gasteiger partial charge in [0.05, 0.1) is 25.2 Å². The average molecular weight is 534 g/mol. The van der Waals surface area contributed by atoms with E-state index in [2.05, 4.69) is 15.6 Å². The molecular formula is C28H27N3O4S2. The Morgan fingerprint density at radius 3 is 2.43 bits per heavy atom. The monoisotopic (exact) mass is 533 g/mol. The normalized spacial score (nSPS) is 11.5. The van der Waals surface area contributed by atoms with Gasteiger partial charge in [0.2, 0.25) is 5.91 Å². The maximum atomic E-state index is 12.8. The molecule has 0 aliphatic rings. The molecule has 2 N–H and O–H groups in total. The second-order valence-electron chi connectivity index (χ2n) is 8.20. The van der Waals surface area contributed by atoms with Crippen molar-refractivity contribution in [2.24, 2.45) is 0 Å². The SMILES string of the molecule is COc1ccc(C(=O)Nc2cccc(SC(C)C(=O)Nc3nc(-c4ccc(C)cc4)cs3)c2)cc1OC. The lowest BCUT2D eigenvalue weighted by atomic mass is 10.1. The Kier molecular flexibility index (Phi) is 8.47. The van der Waals surface area contributed by atoms with Crippen LogP contribution in [0.2, 0.25) is 0 Å². The number of aryl methyl sites for hydroxylation is 1. The number of hydrogen-bond acceptors (Lipinski definition) is 7. The number of carbonyl (C=O) groups is 2. The summed E-state index contributed by atoms with van der Waals surface area (Å²) in [6, 6.07) is 20.5. The molecule has 3 aromatic carbocycles. The molecule has 1 unspecified atom stereocenters. The zero-order valence-corrected chi connectivity index (χ0v) is 22.5. The molecule has 190 valence electrons. The molecule has 0 fully saturated rings. The largest absolute Gasteiger partial charge is 0.493 e. The van der Waals surface area contributed by atoms with E-state index in [4.69, 9.17) is 9.47 Å². The summed E-state index contributed by atoms with van der Waals surface area (Å²) < 4.78 is 10.5. The molecule has 1 aromatic heterocycles. The number of carbonyl (C=O) groups excluding carboxylic acids is 2. The summed E-state index contributed by atoms with van der Waals surface area (Å²) in [5.74, 6) is 0.607. The quantitative estimate of drug-likeness (QED) is 0.239. The number of amides is 2. The molecule has 1 atom stereocenters. The second kappa shape index (κ2) is 11.9. The number of aromatic nitrogens is 1. The van der Waals surface area contributed by atoms with E-state index in [1.807, 2.05) is 61.7 Å². The maximum absolute atomic E-state index is 12.8. The van der Waals surface area contributed by atoms with E-state index in [0.717, 1.165) is 16.2 Å². The van der Waals surface area contributed by atoms with Crippen LogP contribution in [-0.2, 0) is 4.79 Å². The first-order valence-electron chi connectivity index (χ1n) is 11.5. The highest BCUT2D eigenvalue weighted by Crippen LogP contribution is 2.30. The summed E-state index contributed by atoms with van der Waals surface area (Å²) in [5, 5.41) is 7.92. The van der Waals surface area contributed by atoms with Gasteiger partial charge in [0.15, 0.2) is 16.6 Å². The lowest BCUT2D eigenvalue weighted by molar-refractivity contribution is -0.115. The molecule has 0 bridgehead atoms. The minimum Gasteiger partial charge on any atom is -0.493 e. The van der Waals surface area contributed by atoms with Crippen LogP contribution in [-0.4, -0.2) is 36.3 Å². The van der Waals surface area contributed by atoms with E-state index in [0.29, 0.717) is 27.9 Å². The van der Waals surface area contributed by atoms with Crippen LogP contribution in [0.25, 0.3) is 11.3 Å². The third kappa shape index (κ3) is 6.69. The van der Waals surface area contributed by atoms with Crippen LogP contribution in [0.1, 0.15) is 22.8 Å². The van der Waals surface area contributed by atoms with Crippen LogP contribution in [0, 0.1) is 6.92 Å². The first-order valence-corrected chi connectivity index (χ1v) is 13.3. The minimum absolute atomic E-state index is 0.144. The molecule has 0 saturated carbocycles. The Hall–Kier alpha value is -3.82. The van der Waals surface area contributed by atoms with Crippen LogP contribution in [0.5, 0.6) is 11.5 Å². The van der Waals surface area contributed by atoms with Gasteiger partial charge >= 0.3 is 0 Å². The standard InChI is InChI=1S/C28H27N3O4S2/c1-17-8-10-19(11-9-17)23-16-36-28(30-23)31-26(32)18(2)37-22-7-5-6-21(15-22)29-27(33)20-12-13-24(34-3)25(14-20)35-4/h5-16,18H,1-4H3,(H,29,33)(H,30,31,32). The number of nitrogens with one attached hydrogen (secondary N) is 2. The van der Waals surface area contributed by atoms with Gasteiger partial charge in [-0.25, -0.2) is 4.98 Å². The van der Waals surface area contributed by atoms with Crippen molar-refractivity contribution in [3.63, 3.8) is 0 Å². The molecule has 4 rings (SSSR count). The van der Waals surface area contributed by atoms with Gasteiger partial charge in [0.1, 0.15) is 0 Å². The number of thiazole rings is 1. The van der Waals surface area contributed by atoms with Gasteiger partial charge in [-0.1, -0.05) is 35.9 Å². The molecular weight excluding hydrogens is 506 g/mol. The number of thioether (sulfide) groups is 1.